The lowest BCUT2D eigenvalue weighted by molar-refractivity contribution is -0.137. The summed E-state index contributed by atoms with van der Waals surface area (Å²) in [6, 6.07) is 0. The van der Waals surface area contributed by atoms with Crippen LogP contribution in [-0.2, 0) is 14.4 Å². The van der Waals surface area contributed by atoms with E-state index in [0.29, 0.717) is 10.8 Å². The molecule has 0 aromatic heterocycles. The molecule has 0 radical (unpaired) electrons. The first-order valence-electron chi connectivity index (χ1n) is 8.26. The van der Waals surface area contributed by atoms with E-state index in [-0.39, 0.29) is 24.1 Å². The van der Waals surface area contributed by atoms with Crippen molar-refractivity contribution in [2.45, 2.75) is 46.5 Å². The van der Waals surface area contributed by atoms with Crippen LogP contribution in [0, 0.1) is 5.41 Å². The average molecular weight is 338 g/mol. The molecule has 0 N–H and O–H groups in total. The topological polar surface area (TPSA) is 57.7 Å². The van der Waals surface area contributed by atoms with Crippen LogP contribution in [0.2, 0.25) is 0 Å². The van der Waals surface area contributed by atoms with E-state index >= 15 is 0 Å². The molecule has 0 aromatic carbocycles. The molecule has 2 aliphatic heterocycles. The fraction of sp³-hybridized carbons (Fsp3) is 0.706. The first-order valence-corrected chi connectivity index (χ1v) is 9.24. The van der Waals surface area contributed by atoms with Crippen LogP contribution < -0.4 is 0 Å². The van der Waals surface area contributed by atoms with E-state index in [1.54, 1.807) is 0 Å². The van der Waals surface area contributed by atoms with Gasteiger partial charge in [0.15, 0.2) is 5.78 Å². The third-order valence-corrected chi connectivity index (χ3v) is 5.18. The van der Waals surface area contributed by atoms with Crippen molar-refractivity contribution in [2.75, 3.05) is 25.4 Å². The maximum atomic E-state index is 12.5. The summed E-state index contributed by atoms with van der Waals surface area (Å²) < 4.78 is 0. The van der Waals surface area contributed by atoms with Gasteiger partial charge >= 0.3 is 0 Å². The zero-order chi connectivity index (χ0) is 17.0. The van der Waals surface area contributed by atoms with Crippen molar-refractivity contribution in [3.05, 3.63) is 11.1 Å². The molecular formula is C17H26N2O3S. The Bertz CT molecular complexity index is 514. The summed E-state index contributed by atoms with van der Waals surface area (Å²) in [6.07, 6.45) is 5.89. The minimum absolute atomic E-state index is 0.0168. The van der Waals surface area contributed by atoms with Crippen LogP contribution in [-0.4, -0.2) is 52.8 Å². The zero-order valence-electron chi connectivity index (χ0n) is 14.3. The Morgan fingerprint density at radius 1 is 1.13 bits per heavy atom. The second kappa shape index (κ2) is 7.51. The normalized spacial score (nSPS) is 21.7. The molecule has 2 aliphatic rings. The van der Waals surface area contributed by atoms with Crippen molar-refractivity contribution in [3.8, 4) is 0 Å². The Balaban J connectivity index is 2.06. The molecular weight excluding hydrogens is 312 g/mol. The Morgan fingerprint density at radius 3 is 2.30 bits per heavy atom. The van der Waals surface area contributed by atoms with E-state index in [4.69, 9.17) is 0 Å². The van der Waals surface area contributed by atoms with Crippen molar-refractivity contribution < 1.29 is 14.4 Å². The molecule has 0 unspecified atom stereocenters. The van der Waals surface area contributed by atoms with E-state index in [0.717, 1.165) is 38.8 Å². The van der Waals surface area contributed by atoms with E-state index in [1.807, 2.05) is 25.7 Å². The molecule has 2 rings (SSSR count). The monoisotopic (exact) mass is 338 g/mol. The number of rotatable bonds is 3. The quantitative estimate of drug-likeness (QED) is 0.742. The van der Waals surface area contributed by atoms with Crippen molar-refractivity contribution in [3.63, 3.8) is 0 Å². The van der Waals surface area contributed by atoms with Gasteiger partial charge in [-0.2, -0.15) is 0 Å². The highest BCUT2D eigenvalue weighted by Crippen LogP contribution is 2.30. The summed E-state index contributed by atoms with van der Waals surface area (Å²) in [4.78, 5) is 40.1. The summed E-state index contributed by atoms with van der Waals surface area (Å²) in [7, 11) is 0. The van der Waals surface area contributed by atoms with Gasteiger partial charge in [-0.25, -0.2) is 0 Å². The van der Waals surface area contributed by atoms with E-state index < -0.39 is 5.41 Å². The molecule has 0 aliphatic carbocycles. The summed E-state index contributed by atoms with van der Waals surface area (Å²) in [5.41, 5.74) is -0.486. The number of thioether (sulfide) groups is 1. The minimum atomic E-state index is -0.486. The lowest BCUT2D eigenvalue weighted by atomic mass is 9.91. The van der Waals surface area contributed by atoms with Gasteiger partial charge in [0.2, 0.25) is 11.8 Å². The number of amides is 2. The molecule has 2 fully saturated rings. The highest BCUT2D eigenvalue weighted by Gasteiger charge is 2.32. The number of likely N-dealkylation sites (tertiary alicyclic amines) is 1. The van der Waals surface area contributed by atoms with Gasteiger partial charge in [-0.05, 0) is 12.8 Å². The van der Waals surface area contributed by atoms with Crippen LogP contribution >= 0.6 is 11.8 Å². The molecule has 2 heterocycles. The van der Waals surface area contributed by atoms with E-state index in [2.05, 4.69) is 0 Å². The Morgan fingerprint density at radius 2 is 1.74 bits per heavy atom. The molecule has 6 heteroatoms. The van der Waals surface area contributed by atoms with Gasteiger partial charge in [-0.1, -0.05) is 45.4 Å². The molecule has 0 bridgehead atoms. The third kappa shape index (κ3) is 4.83. The third-order valence-electron chi connectivity index (χ3n) is 4.16. The van der Waals surface area contributed by atoms with Crippen LogP contribution in [0.1, 0.15) is 46.5 Å². The molecule has 2 amide bonds. The van der Waals surface area contributed by atoms with Gasteiger partial charge in [-0.15, -0.1) is 0 Å². The van der Waals surface area contributed by atoms with Gasteiger partial charge in [0, 0.05) is 24.6 Å². The fourth-order valence-corrected chi connectivity index (χ4v) is 3.52. The number of nitrogens with zero attached hydrogens (tertiary/aromatic N) is 2. The number of carbonyl (C=O) groups excluding carboxylic acids is 3. The second-order valence-electron chi connectivity index (χ2n) is 7.16. The van der Waals surface area contributed by atoms with Gasteiger partial charge in [-0.3, -0.25) is 19.3 Å². The van der Waals surface area contributed by atoms with E-state index in [1.165, 1.54) is 22.7 Å². The molecule has 0 spiro atoms. The summed E-state index contributed by atoms with van der Waals surface area (Å²) in [6.45, 7) is 7.14. The zero-order valence-corrected chi connectivity index (χ0v) is 15.1. The van der Waals surface area contributed by atoms with Crippen molar-refractivity contribution in [1.82, 2.24) is 9.80 Å². The maximum absolute atomic E-state index is 12.5. The standard InChI is InChI=1S/C17H26N2O3S/c1-17(2,3)13(20)10-16-19(15(22)12-23-16)11-14(21)18-8-6-4-5-7-9-18/h10H,4-9,11-12H2,1-3H3. The predicted molar refractivity (Wildman–Crippen MR) is 91.8 cm³/mol. The predicted octanol–water partition coefficient (Wildman–Crippen LogP) is 2.42. The maximum Gasteiger partial charge on any atom is 0.242 e. The first-order chi connectivity index (χ1) is 10.8. The van der Waals surface area contributed by atoms with E-state index in [9.17, 15) is 14.4 Å². The number of carbonyl (C=O) groups is 3. The van der Waals surface area contributed by atoms with Crippen molar-refractivity contribution in [1.29, 1.82) is 0 Å². The molecule has 0 saturated carbocycles. The Kier molecular flexibility index (Phi) is 5.89. The van der Waals surface area contributed by atoms with Crippen LogP contribution in [0.3, 0.4) is 0 Å². The average Bonchev–Trinajstić information content (AvgIpc) is 2.71. The summed E-state index contributed by atoms with van der Waals surface area (Å²) in [5.74, 6) is 0.168. The molecule has 0 aromatic rings. The molecule has 23 heavy (non-hydrogen) atoms. The first kappa shape index (κ1) is 18.0. The minimum Gasteiger partial charge on any atom is -0.341 e. The van der Waals surface area contributed by atoms with Gasteiger partial charge in [0.25, 0.3) is 0 Å². The van der Waals surface area contributed by atoms with Crippen molar-refractivity contribution in [2.24, 2.45) is 5.41 Å². The molecule has 0 atom stereocenters. The fourth-order valence-electron chi connectivity index (χ4n) is 2.58. The number of hydrogen-bond acceptors (Lipinski definition) is 4. The highest BCUT2D eigenvalue weighted by molar-refractivity contribution is 8.04. The second-order valence-corrected chi connectivity index (χ2v) is 8.16. The van der Waals surface area contributed by atoms with Crippen molar-refractivity contribution >= 4 is 29.4 Å². The Labute approximate surface area is 142 Å². The van der Waals surface area contributed by atoms with Gasteiger partial charge in [0.05, 0.1) is 10.8 Å². The smallest absolute Gasteiger partial charge is 0.242 e. The van der Waals surface area contributed by atoms with Gasteiger partial charge in [0.1, 0.15) is 6.54 Å². The largest absolute Gasteiger partial charge is 0.341 e. The number of hydrogen-bond donors (Lipinski definition) is 0. The van der Waals surface area contributed by atoms with Crippen LogP contribution in [0.25, 0.3) is 0 Å². The Hall–Kier alpha value is -1.30. The van der Waals surface area contributed by atoms with Crippen LogP contribution in [0.4, 0.5) is 0 Å². The lowest BCUT2D eigenvalue weighted by Crippen LogP contribution is -2.41. The van der Waals surface area contributed by atoms with Crippen LogP contribution in [0.5, 0.6) is 0 Å². The summed E-state index contributed by atoms with van der Waals surface area (Å²) in [5, 5.41) is 0.609. The summed E-state index contributed by atoms with van der Waals surface area (Å²) >= 11 is 1.34. The highest BCUT2D eigenvalue weighted by atomic mass is 32.2. The number of ketones is 1. The lowest BCUT2D eigenvalue weighted by Gasteiger charge is -2.24. The molecule has 128 valence electrons. The van der Waals surface area contributed by atoms with Crippen LogP contribution in [0.15, 0.2) is 11.1 Å². The molecule has 5 nitrogen and oxygen atoms in total. The molecule has 2 saturated heterocycles. The van der Waals surface area contributed by atoms with Gasteiger partial charge < -0.3 is 4.90 Å². The number of allylic oxidation sites excluding steroid dienone is 1. The SMILES string of the molecule is CC(C)(C)C(=O)C=C1SCC(=O)N1CC(=O)N1CCCCCC1.